The van der Waals surface area contributed by atoms with Gasteiger partial charge in [0.15, 0.2) is 9.84 Å². The van der Waals surface area contributed by atoms with Gasteiger partial charge in [-0.25, -0.2) is 8.42 Å². The van der Waals surface area contributed by atoms with Gasteiger partial charge in [0.25, 0.3) is 5.91 Å². The number of benzene rings is 2. The Bertz CT molecular complexity index is 1050. The predicted octanol–water partition coefficient (Wildman–Crippen LogP) is 4.99. The average Bonchev–Trinajstić information content (AvgIpc) is 3.22. The maximum atomic E-state index is 13.2. The summed E-state index contributed by atoms with van der Waals surface area (Å²) in [5.41, 5.74) is 1.65. The molecule has 1 atom stereocenters. The molecule has 152 valence electrons. The second kappa shape index (κ2) is 8.51. The monoisotopic (exact) mass is 427 g/mol. The molecular formula is C23H25NO3S2. The highest BCUT2D eigenvalue weighted by atomic mass is 32.2. The largest absolute Gasteiger partial charge is 0.350 e. The van der Waals surface area contributed by atoms with Crippen molar-refractivity contribution in [2.24, 2.45) is 0 Å². The first-order chi connectivity index (χ1) is 13.7. The summed E-state index contributed by atoms with van der Waals surface area (Å²) < 4.78 is 26.4. The summed E-state index contributed by atoms with van der Waals surface area (Å²) >= 11 is 1.37. The van der Waals surface area contributed by atoms with E-state index in [0.29, 0.717) is 10.4 Å². The molecule has 0 saturated carbocycles. The molecule has 0 saturated heterocycles. The quantitative estimate of drug-likeness (QED) is 0.603. The van der Waals surface area contributed by atoms with Gasteiger partial charge in [-0.05, 0) is 46.7 Å². The van der Waals surface area contributed by atoms with Gasteiger partial charge in [-0.1, -0.05) is 57.2 Å². The van der Waals surface area contributed by atoms with Gasteiger partial charge < -0.3 is 5.32 Å². The van der Waals surface area contributed by atoms with Gasteiger partial charge in [0.05, 0.1) is 4.90 Å². The minimum Gasteiger partial charge on any atom is -0.350 e. The molecule has 29 heavy (non-hydrogen) atoms. The third-order valence-corrected chi connectivity index (χ3v) is 8.00. The summed E-state index contributed by atoms with van der Waals surface area (Å²) in [7, 11) is -3.63. The van der Waals surface area contributed by atoms with Crippen molar-refractivity contribution in [1.29, 1.82) is 0 Å². The molecule has 0 aliphatic heterocycles. The van der Waals surface area contributed by atoms with Crippen molar-refractivity contribution in [1.82, 2.24) is 5.32 Å². The standard InChI is InChI=1S/C23H25NO3S2/c1-23(2,3)18-13-11-17(12-14-18)22(25)24-16-21(20-10-7-15-28-20)29(26,27)19-8-5-4-6-9-19/h4-15,21H,16H2,1-3H3,(H,24,25)/t21-/m1/s1. The minimum atomic E-state index is -3.63. The average molecular weight is 428 g/mol. The van der Waals surface area contributed by atoms with Gasteiger partial charge in [0.1, 0.15) is 5.25 Å². The highest BCUT2D eigenvalue weighted by Gasteiger charge is 2.30. The van der Waals surface area contributed by atoms with Crippen LogP contribution in [0.5, 0.6) is 0 Å². The molecule has 0 spiro atoms. The summed E-state index contributed by atoms with van der Waals surface area (Å²) in [4.78, 5) is 13.6. The van der Waals surface area contributed by atoms with Crippen LogP contribution in [0.3, 0.4) is 0 Å². The summed E-state index contributed by atoms with van der Waals surface area (Å²) in [6.07, 6.45) is 0. The van der Waals surface area contributed by atoms with E-state index in [1.807, 2.05) is 23.6 Å². The van der Waals surface area contributed by atoms with Gasteiger partial charge in [0.2, 0.25) is 0 Å². The van der Waals surface area contributed by atoms with E-state index < -0.39 is 15.1 Å². The van der Waals surface area contributed by atoms with Crippen LogP contribution in [0.25, 0.3) is 0 Å². The fourth-order valence-corrected chi connectivity index (χ4v) is 5.83. The molecule has 0 fully saturated rings. The fourth-order valence-electron chi connectivity index (χ4n) is 3.02. The minimum absolute atomic E-state index is 0.00301. The number of rotatable bonds is 6. The van der Waals surface area contributed by atoms with E-state index in [0.717, 1.165) is 5.56 Å². The summed E-state index contributed by atoms with van der Waals surface area (Å²) in [5.74, 6) is -0.282. The van der Waals surface area contributed by atoms with E-state index in [1.54, 1.807) is 48.5 Å². The third-order valence-electron chi connectivity index (χ3n) is 4.77. The SMILES string of the molecule is CC(C)(C)c1ccc(C(=O)NC[C@H](c2cccs2)S(=O)(=O)c2ccccc2)cc1. The molecule has 1 heterocycles. The predicted molar refractivity (Wildman–Crippen MR) is 118 cm³/mol. The maximum Gasteiger partial charge on any atom is 0.251 e. The van der Waals surface area contributed by atoms with Crippen molar-refractivity contribution in [2.45, 2.75) is 36.3 Å². The molecule has 1 amide bonds. The number of carbonyl (C=O) groups is 1. The first-order valence-electron chi connectivity index (χ1n) is 9.40. The number of amides is 1. The molecule has 1 N–H and O–H groups in total. The van der Waals surface area contributed by atoms with Gasteiger partial charge in [-0.2, -0.15) is 0 Å². The van der Waals surface area contributed by atoms with Gasteiger partial charge >= 0.3 is 0 Å². The van der Waals surface area contributed by atoms with Gasteiger partial charge in [0, 0.05) is 17.0 Å². The molecule has 0 unspecified atom stereocenters. The molecule has 0 aliphatic carbocycles. The molecule has 4 nitrogen and oxygen atoms in total. The highest BCUT2D eigenvalue weighted by molar-refractivity contribution is 7.91. The van der Waals surface area contributed by atoms with Crippen LogP contribution in [0.15, 0.2) is 77.0 Å². The third kappa shape index (κ3) is 4.95. The maximum absolute atomic E-state index is 13.2. The Morgan fingerprint density at radius 3 is 2.17 bits per heavy atom. The van der Waals surface area contributed by atoms with Crippen molar-refractivity contribution in [2.75, 3.05) is 6.54 Å². The molecule has 6 heteroatoms. The Labute approximate surface area is 176 Å². The van der Waals surface area contributed by atoms with Crippen molar-refractivity contribution in [3.63, 3.8) is 0 Å². The molecule has 3 rings (SSSR count). The number of sulfone groups is 1. The molecular weight excluding hydrogens is 402 g/mol. The topological polar surface area (TPSA) is 63.2 Å². The lowest BCUT2D eigenvalue weighted by Crippen LogP contribution is -2.31. The number of nitrogens with one attached hydrogen (secondary N) is 1. The second-order valence-electron chi connectivity index (χ2n) is 7.90. The van der Waals surface area contributed by atoms with Crippen LogP contribution in [-0.2, 0) is 15.3 Å². The summed E-state index contributed by atoms with van der Waals surface area (Å²) in [5, 5.41) is 3.82. The molecule has 1 aromatic heterocycles. The van der Waals surface area contributed by atoms with Crippen LogP contribution in [0.2, 0.25) is 0 Å². The number of hydrogen-bond acceptors (Lipinski definition) is 4. The number of hydrogen-bond donors (Lipinski definition) is 1. The van der Waals surface area contributed by atoms with E-state index in [9.17, 15) is 13.2 Å². The van der Waals surface area contributed by atoms with Crippen molar-refractivity contribution < 1.29 is 13.2 Å². The number of carbonyl (C=O) groups excluding carboxylic acids is 1. The van der Waals surface area contributed by atoms with Crippen molar-refractivity contribution in [3.8, 4) is 0 Å². The second-order valence-corrected chi connectivity index (χ2v) is 11.0. The Kier molecular flexibility index (Phi) is 6.24. The Morgan fingerprint density at radius 2 is 1.62 bits per heavy atom. The molecule has 3 aromatic rings. The van der Waals surface area contributed by atoms with Crippen LogP contribution in [0.4, 0.5) is 0 Å². The zero-order valence-electron chi connectivity index (χ0n) is 16.8. The van der Waals surface area contributed by atoms with E-state index in [1.165, 1.54) is 11.3 Å². The van der Waals surface area contributed by atoms with Crippen molar-refractivity contribution >= 4 is 27.1 Å². The first kappa shape index (κ1) is 21.3. The molecule has 0 radical (unpaired) electrons. The fraction of sp³-hybridized carbons (Fsp3) is 0.261. The van der Waals surface area contributed by atoms with Crippen LogP contribution < -0.4 is 5.32 Å². The highest BCUT2D eigenvalue weighted by Crippen LogP contribution is 2.31. The molecule has 0 aliphatic rings. The van der Waals surface area contributed by atoms with Crippen molar-refractivity contribution in [3.05, 3.63) is 88.1 Å². The number of thiophene rings is 1. The van der Waals surface area contributed by atoms with E-state index in [2.05, 4.69) is 26.1 Å². The van der Waals surface area contributed by atoms with E-state index in [4.69, 9.17) is 0 Å². The van der Waals surface area contributed by atoms with E-state index in [-0.39, 0.29) is 22.8 Å². The summed E-state index contributed by atoms with van der Waals surface area (Å²) in [6, 6.07) is 19.4. The van der Waals surface area contributed by atoms with Gasteiger partial charge in [-0.3, -0.25) is 4.79 Å². The first-order valence-corrected chi connectivity index (χ1v) is 11.8. The van der Waals surface area contributed by atoms with Crippen LogP contribution in [0, 0.1) is 0 Å². The Morgan fingerprint density at radius 1 is 0.966 bits per heavy atom. The van der Waals surface area contributed by atoms with Crippen LogP contribution in [0.1, 0.15) is 46.8 Å². The van der Waals surface area contributed by atoms with Crippen LogP contribution >= 0.6 is 11.3 Å². The zero-order chi connectivity index (χ0) is 21.1. The lowest BCUT2D eigenvalue weighted by atomic mass is 9.87. The van der Waals surface area contributed by atoms with E-state index >= 15 is 0 Å². The smallest absolute Gasteiger partial charge is 0.251 e. The Hall–Kier alpha value is -2.44. The summed E-state index contributed by atoms with van der Waals surface area (Å²) in [6.45, 7) is 6.35. The van der Waals surface area contributed by atoms with Gasteiger partial charge in [-0.15, -0.1) is 11.3 Å². The lowest BCUT2D eigenvalue weighted by Gasteiger charge is -2.19. The lowest BCUT2D eigenvalue weighted by molar-refractivity contribution is 0.0953. The normalized spacial score (nSPS) is 13.1. The molecule has 2 aromatic carbocycles. The Balaban J connectivity index is 1.80. The molecule has 0 bridgehead atoms. The zero-order valence-corrected chi connectivity index (χ0v) is 18.4. The van der Waals surface area contributed by atoms with Crippen LogP contribution in [-0.4, -0.2) is 20.9 Å².